The van der Waals surface area contributed by atoms with Crippen molar-refractivity contribution < 1.29 is 13.2 Å². The predicted molar refractivity (Wildman–Crippen MR) is 114 cm³/mol. The van der Waals surface area contributed by atoms with Gasteiger partial charge in [0.05, 0.1) is 0 Å². The number of nitrogens with zero attached hydrogens (tertiary/aromatic N) is 2. The van der Waals surface area contributed by atoms with Crippen molar-refractivity contribution in [2.45, 2.75) is 38.3 Å². The number of aryl methyl sites for hydroxylation is 2. The number of carbonyl (C=O) groups is 1. The number of nitrogens with one attached hydrogen (secondary N) is 1. The average Bonchev–Trinajstić information content (AvgIpc) is 3.10. The number of rotatable bonds is 7. The first-order chi connectivity index (χ1) is 13.8. The fourth-order valence-corrected chi connectivity index (χ4v) is 4.30. The van der Waals surface area contributed by atoms with Gasteiger partial charge in [0, 0.05) is 24.6 Å². The third-order valence-electron chi connectivity index (χ3n) is 4.88. The normalized spacial score (nSPS) is 12.5. The molecule has 0 radical (unpaired) electrons. The topological polar surface area (TPSA) is 81.1 Å². The molecule has 0 aliphatic rings. The van der Waals surface area contributed by atoms with Gasteiger partial charge >= 0.3 is 0 Å². The minimum atomic E-state index is -3.73. The molecule has 3 aromatic rings. The third kappa shape index (κ3) is 5.12. The van der Waals surface area contributed by atoms with E-state index in [1.165, 1.54) is 6.92 Å². The maximum Gasteiger partial charge on any atom is 0.242 e. The lowest BCUT2D eigenvalue weighted by atomic mass is 10.1. The summed E-state index contributed by atoms with van der Waals surface area (Å²) in [5.74, 6) is -0.424. The molecule has 0 bridgehead atoms. The first kappa shape index (κ1) is 20.8. The molecule has 1 heterocycles. The van der Waals surface area contributed by atoms with Crippen LogP contribution < -0.4 is 5.32 Å². The molecule has 1 N–H and O–H groups in total. The number of benzene rings is 2. The van der Waals surface area contributed by atoms with Crippen LogP contribution in [0.25, 0.3) is 0 Å². The molecule has 0 saturated heterocycles. The summed E-state index contributed by atoms with van der Waals surface area (Å²) in [7, 11) is -3.73. The molecule has 152 valence electrons. The maximum absolute atomic E-state index is 12.9. The molecule has 0 saturated carbocycles. The first-order valence-corrected chi connectivity index (χ1v) is 11.1. The molecular weight excluding hydrogens is 386 g/mol. The standard InChI is InChI=1S/C22H25N3O3S/c1-16-9-10-20(17(2)13-16)24-22(26)18(3)29(27,28)15-21-23-11-12-25(21)14-19-7-5-4-6-8-19/h4-13,18H,14-15H2,1-3H3,(H,24,26). The van der Waals surface area contributed by atoms with E-state index in [0.29, 0.717) is 18.1 Å². The maximum atomic E-state index is 12.9. The number of hydrogen-bond acceptors (Lipinski definition) is 4. The van der Waals surface area contributed by atoms with E-state index in [1.807, 2.05) is 56.3 Å². The zero-order valence-electron chi connectivity index (χ0n) is 16.8. The largest absolute Gasteiger partial charge is 0.330 e. The van der Waals surface area contributed by atoms with Crippen molar-refractivity contribution in [2.75, 3.05) is 5.32 Å². The van der Waals surface area contributed by atoms with Gasteiger partial charge < -0.3 is 9.88 Å². The van der Waals surface area contributed by atoms with E-state index in [-0.39, 0.29) is 5.75 Å². The van der Waals surface area contributed by atoms with Crippen LogP contribution in [0.1, 0.15) is 29.4 Å². The monoisotopic (exact) mass is 411 g/mol. The van der Waals surface area contributed by atoms with Gasteiger partial charge in [-0.15, -0.1) is 0 Å². The molecule has 0 aliphatic heterocycles. The highest BCUT2D eigenvalue weighted by Gasteiger charge is 2.30. The van der Waals surface area contributed by atoms with E-state index >= 15 is 0 Å². The van der Waals surface area contributed by atoms with Gasteiger partial charge in [-0.1, -0.05) is 48.0 Å². The molecule has 1 amide bonds. The number of aromatic nitrogens is 2. The molecule has 7 heteroatoms. The summed E-state index contributed by atoms with van der Waals surface area (Å²) in [4.78, 5) is 16.8. The van der Waals surface area contributed by atoms with Crippen LogP contribution >= 0.6 is 0 Å². The van der Waals surface area contributed by atoms with Crippen LogP contribution in [0.15, 0.2) is 60.9 Å². The lowest BCUT2D eigenvalue weighted by Crippen LogP contribution is -2.34. The minimum Gasteiger partial charge on any atom is -0.330 e. The molecule has 0 aliphatic carbocycles. The number of carbonyl (C=O) groups excluding carboxylic acids is 1. The Bertz CT molecular complexity index is 1110. The first-order valence-electron chi connectivity index (χ1n) is 9.40. The summed E-state index contributed by atoms with van der Waals surface area (Å²) >= 11 is 0. The van der Waals surface area contributed by atoms with E-state index in [2.05, 4.69) is 10.3 Å². The quantitative estimate of drug-likeness (QED) is 0.645. The van der Waals surface area contributed by atoms with Crippen LogP contribution in [0, 0.1) is 13.8 Å². The van der Waals surface area contributed by atoms with Gasteiger partial charge in [0.15, 0.2) is 9.84 Å². The average molecular weight is 412 g/mol. The van der Waals surface area contributed by atoms with E-state index in [4.69, 9.17) is 0 Å². The predicted octanol–water partition coefficient (Wildman–Crippen LogP) is 3.49. The van der Waals surface area contributed by atoms with Crippen molar-refractivity contribution in [3.63, 3.8) is 0 Å². The van der Waals surface area contributed by atoms with Crippen LogP contribution in [0.3, 0.4) is 0 Å². The molecule has 0 spiro atoms. The SMILES string of the molecule is Cc1ccc(NC(=O)C(C)S(=O)(=O)Cc2nccn2Cc2ccccc2)c(C)c1. The second kappa shape index (κ2) is 8.61. The summed E-state index contributed by atoms with van der Waals surface area (Å²) in [6.07, 6.45) is 3.33. The summed E-state index contributed by atoms with van der Waals surface area (Å²) in [6, 6.07) is 15.3. The van der Waals surface area contributed by atoms with Crippen molar-refractivity contribution in [3.05, 3.63) is 83.4 Å². The van der Waals surface area contributed by atoms with Crippen molar-refractivity contribution in [3.8, 4) is 0 Å². The number of hydrogen-bond donors (Lipinski definition) is 1. The summed E-state index contributed by atoms with van der Waals surface area (Å²) in [6.45, 7) is 5.78. The highest BCUT2D eigenvalue weighted by Crippen LogP contribution is 2.18. The van der Waals surface area contributed by atoms with Crippen molar-refractivity contribution in [1.82, 2.24) is 9.55 Å². The van der Waals surface area contributed by atoms with Gasteiger partial charge in [0.1, 0.15) is 16.8 Å². The molecule has 6 nitrogen and oxygen atoms in total. The smallest absolute Gasteiger partial charge is 0.242 e. The molecule has 1 atom stereocenters. The summed E-state index contributed by atoms with van der Waals surface area (Å²) in [5.41, 5.74) is 3.63. The molecule has 3 rings (SSSR count). The fourth-order valence-electron chi connectivity index (χ4n) is 3.06. The lowest BCUT2D eigenvalue weighted by molar-refractivity contribution is -0.115. The van der Waals surface area contributed by atoms with Gasteiger partial charge in [-0.05, 0) is 38.0 Å². The Labute approximate surface area is 171 Å². The Hall–Kier alpha value is -2.93. The van der Waals surface area contributed by atoms with Crippen LogP contribution in [-0.2, 0) is 26.9 Å². The fraction of sp³-hybridized carbons (Fsp3) is 0.273. The Morgan fingerprint density at radius 3 is 2.55 bits per heavy atom. The highest BCUT2D eigenvalue weighted by atomic mass is 32.2. The molecule has 1 unspecified atom stereocenters. The van der Waals surface area contributed by atoms with Crippen LogP contribution in [0.2, 0.25) is 0 Å². The Balaban J connectivity index is 1.72. The van der Waals surface area contributed by atoms with E-state index in [9.17, 15) is 13.2 Å². The molecule has 2 aromatic carbocycles. The van der Waals surface area contributed by atoms with E-state index < -0.39 is 21.0 Å². The Morgan fingerprint density at radius 1 is 1.14 bits per heavy atom. The van der Waals surface area contributed by atoms with E-state index in [0.717, 1.165) is 16.7 Å². The summed E-state index contributed by atoms with van der Waals surface area (Å²) in [5, 5.41) is 1.54. The lowest BCUT2D eigenvalue weighted by Gasteiger charge is -2.15. The van der Waals surface area contributed by atoms with Crippen molar-refractivity contribution in [2.24, 2.45) is 0 Å². The van der Waals surface area contributed by atoms with E-state index in [1.54, 1.807) is 23.0 Å². The van der Waals surface area contributed by atoms with Gasteiger partial charge in [-0.2, -0.15) is 0 Å². The molecule has 29 heavy (non-hydrogen) atoms. The van der Waals surface area contributed by atoms with Crippen molar-refractivity contribution >= 4 is 21.4 Å². The van der Waals surface area contributed by atoms with Gasteiger partial charge in [-0.3, -0.25) is 4.79 Å². The van der Waals surface area contributed by atoms with Gasteiger partial charge in [0.25, 0.3) is 0 Å². The number of sulfone groups is 1. The van der Waals surface area contributed by atoms with Crippen molar-refractivity contribution in [1.29, 1.82) is 0 Å². The minimum absolute atomic E-state index is 0.297. The summed E-state index contributed by atoms with van der Waals surface area (Å²) < 4.78 is 27.5. The molecule has 0 fully saturated rings. The second-order valence-corrected chi connectivity index (χ2v) is 9.54. The number of amides is 1. The van der Waals surface area contributed by atoms with Crippen LogP contribution in [0.5, 0.6) is 0 Å². The zero-order chi connectivity index (χ0) is 21.0. The zero-order valence-corrected chi connectivity index (χ0v) is 17.6. The van der Waals surface area contributed by atoms with Gasteiger partial charge in [0.2, 0.25) is 5.91 Å². The number of anilines is 1. The Kier molecular flexibility index (Phi) is 6.17. The molecular formula is C22H25N3O3S. The number of imidazole rings is 1. The Morgan fingerprint density at radius 2 is 1.86 bits per heavy atom. The third-order valence-corrected chi connectivity index (χ3v) is 6.83. The highest BCUT2D eigenvalue weighted by molar-refractivity contribution is 7.92. The van der Waals surface area contributed by atoms with Crippen LogP contribution in [0.4, 0.5) is 5.69 Å². The molecule has 1 aromatic heterocycles. The van der Waals surface area contributed by atoms with Gasteiger partial charge in [-0.25, -0.2) is 13.4 Å². The van der Waals surface area contributed by atoms with Crippen LogP contribution in [-0.4, -0.2) is 29.1 Å². The second-order valence-electron chi connectivity index (χ2n) is 7.21.